The van der Waals surface area contributed by atoms with Crippen LogP contribution >= 0.6 is 47.0 Å². The van der Waals surface area contributed by atoms with Gasteiger partial charge in [0.2, 0.25) is 3.79 Å². The summed E-state index contributed by atoms with van der Waals surface area (Å²) in [7, 11) is 4.39. The number of nitrogens with one attached hydrogen (secondary N) is 3. The van der Waals surface area contributed by atoms with Gasteiger partial charge in [-0.1, -0.05) is 34.8 Å². The van der Waals surface area contributed by atoms with Crippen molar-refractivity contribution in [2.45, 2.75) is 9.96 Å². The molecule has 0 aliphatic rings. The van der Waals surface area contributed by atoms with Gasteiger partial charge in [-0.15, -0.1) is 0 Å². The Morgan fingerprint density at radius 3 is 2.42 bits per heavy atom. The minimum absolute atomic E-state index is 0.0929. The van der Waals surface area contributed by atoms with Gasteiger partial charge in [-0.05, 0) is 24.4 Å². The van der Waals surface area contributed by atoms with Crippen molar-refractivity contribution in [1.29, 1.82) is 0 Å². The molecule has 0 unspecified atom stereocenters. The quantitative estimate of drug-likeness (QED) is 0.211. The first-order chi connectivity index (χ1) is 12.0. The summed E-state index contributed by atoms with van der Waals surface area (Å²) < 4.78 is 3.01. The van der Waals surface area contributed by atoms with E-state index in [0.29, 0.717) is 5.75 Å². The Bertz CT molecular complexity index is 699. The van der Waals surface area contributed by atoms with Crippen molar-refractivity contribution in [3.63, 3.8) is 0 Å². The Labute approximate surface area is 170 Å². The zero-order chi connectivity index (χ0) is 20.1. The highest BCUT2D eigenvalue weighted by Crippen LogP contribution is 2.30. The van der Waals surface area contributed by atoms with Crippen LogP contribution in [0.15, 0.2) is 18.2 Å². The van der Waals surface area contributed by atoms with Crippen molar-refractivity contribution in [2.24, 2.45) is 0 Å². The molecule has 0 heterocycles. The Morgan fingerprint density at radius 2 is 1.96 bits per heavy atom. The Morgan fingerprint density at radius 1 is 1.35 bits per heavy atom. The van der Waals surface area contributed by atoms with Crippen molar-refractivity contribution in [3.05, 3.63) is 28.3 Å². The summed E-state index contributed by atoms with van der Waals surface area (Å²) in [6.45, 7) is 0. The maximum atomic E-state index is 11.8. The molecule has 0 spiro atoms. The molecule has 0 aromatic heterocycles. The summed E-state index contributed by atoms with van der Waals surface area (Å²) >= 11 is 22.6. The van der Waals surface area contributed by atoms with E-state index >= 15 is 0 Å². The number of nitrogens with zero attached hydrogens (tertiary/aromatic N) is 2. The lowest BCUT2D eigenvalue weighted by atomic mass is 10.2. The molecule has 144 valence electrons. The van der Waals surface area contributed by atoms with Crippen LogP contribution in [-0.2, 0) is 0 Å². The smallest absolute Gasteiger partial charge is 0.318 e. The van der Waals surface area contributed by atoms with Crippen LogP contribution < -0.4 is 20.7 Å². The maximum absolute atomic E-state index is 11.8. The molecular formula is C13H16Cl3N5O4S. The van der Waals surface area contributed by atoms with Gasteiger partial charge in [-0.3, -0.25) is 10.1 Å². The van der Waals surface area contributed by atoms with Crippen LogP contribution in [0.1, 0.15) is 0 Å². The van der Waals surface area contributed by atoms with Crippen LogP contribution in [0.4, 0.5) is 16.2 Å². The lowest BCUT2D eigenvalue weighted by Gasteiger charge is -2.28. The van der Waals surface area contributed by atoms with Gasteiger partial charge in [0.05, 0.1) is 18.1 Å². The number of nitro benzene ring substituents is 1. The van der Waals surface area contributed by atoms with Gasteiger partial charge in [0.15, 0.2) is 11.3 Å². The molecule has 1 atom stereocenters. The SMILES string of the molecule is COc1ccc(NC(=S)N[C@H](NC(=O)N(C)C)C(Cl)(Cl)Cl)c([N+](=O)[O-])c1. The predicted octanol–water partition coefficient (Wildman–Crippen LogP) is 2.86. The van der Waals surface area contributed by atoms with Gasteiger partial charge in [0.1, 0.15) is 11.4 Å². The van der Waals surface area contributed by atoms with E-state index in [2.05, 4.69) is 16.0 Å². The molecule has 3 N–H and O–H groups in total. The fourth-order valence-electron chi connectivity index (χ4n) is 1.64. The lowest BCUT2D eigenvalue weighted by Crippen LogP contribution is -2.57. The average molecular weight is 445 g/mol. The second kappa shape index (κ2) is 9.26. The number of carbonyl (C=O) groups is 1. The number of amides is 2. The van der Waals surface area contributed by atoms with Gasteiger partial charge in [-0.25, -0.2) is 4.79 Å². The first kappa shape index (κ1) is 22.3. The molecule has 13 heteroatoms. The summed E-state index contributed by atoms with van der Waals surface area (Å²) in [4.78, 5) is 23.6. The van der Waals surface area contributed by atoms with E-state index in [4.69, 9.17) is 51.8 Å². The molecule has 1 aromatic carbocycles. The van der Waals surface area contributed by atoms with Gasteiger partial charge in [-0.2, -0.15) is 0 Å². The number of urea groups is 1. The molecule has 0 aliphatic heterocycles. The number of nitro groups is 1. The number of halogens is 3. The Kier molecular flexibility index (Phi) is 7.94. The fourth-order valence-corrected chi connectivity index (χ4v) is 2.19. The first-order valence-corrected chi connectivity index (χ1v) is 8.44. The Balaban J connectivity index is 2.95. The van der Waals surface area contributed by atoms with Crippen LogP contribution in [0.25, 0.3) is 0 Å². The van der Waals surface area contributed by atoms with Gasteiger partial charge in [0, 0.05) is 14.1 Å². The number of benzene rings is 1. The number of anilines is 1. The average Bonchev–Trinajstić information content (AvgIpc) is 2.53. The first-order valence-electron chi connectivity index (χ1n) is 6.90. The van der Waals surface area contributed by atoms with E-state index < -0.39 is 20.9 Å². The van der Waals surface area contributed by atoms with Crippen molar-refractivity contribution in [2.75, 3.05) is 26.5 Å². The van der Waals surface area contributed by atoms with E-state index in [1.807, 2.05) is 0 Å². The van der Waals surface area contributed by atoms with Crippen LogP contribution in [0.5, 0.6) is 5.75 Å². The predicted molar refractivity (Wildman–Crippen MR) is 105 cm³/mol. The molecule has 1 rings (SSSR count). The summed E-state index contributed by atoms with van der Waals surface area (Å²) in [5.41, 5.74) is -0.174. The largest absolute Gasteiger partial charge is 0.496 e. The monoisotopic (exact) mass is 443 g/mol. The third-order valence-corrected chi connectivity index (χ3v) is 3.80. The van der Waals surface area contributed by atoms with E-state index in [9.17, 15) is 14.9 Å². The number of thiocarbonyl (C=S) groups is 1. The molecule has 0 radical (unpaired) electrons. The minimum atomic E-state index is -1.94. The number of rotatable bonds is 5. The molecule has 2 amide bonds. The summed E-state index contributed by atoms with van der Waals surface area (Å²) in [5, 5.41) is 18.7. The standard InChI is InChI=1S/C13H16Cl3N5O4S/c1-20(2)12(22)19-10(13(14,15)16)18-11(26)17-8-5-4-7(25-3)6-9(8)21(23)24/h4-6,10H,1-3H3,(H,19,22)(H2,17,18,26)/t10-/m1/s1. The number of hydrogen-bond donors (Lipinski definition) is 3. The number of methoxy groups -OCH3 is 1. The zero-order valence-electron chi connectivity index (χ0n) is 13.9. The highest BCUT2D eigenvalue weighted by atomic mass is 35.6. The van der Waals surface area contributed by atoms with Crippen molar-refractivity contribution < 1.29 is 14.5 Å². The summed E-state index contributed by atoms with van der Waals surface area (Å²) in [5.74, 6) is 0.304. The van der Waals surface area contributed by atoms with Crippen LogP contribution in [0.2, 0.25) is 0 Å². The topological polar surface area (TPSA) is 109 Å². The van der Waals surface area contributed by atoms with E-state index in [1.54, 1.807) is 0 Å². The lowest BCUT2D eigenvalue weighted by molar-refractivity contribution is -0.384. The molecule has 0 saturated heterocycles. The number of alkyl halides is 3. The molecular weight excluding hydrogens is 429 g/mol. The second-order valence-corrected chi connectivity index (χ2v) is 7.83. The van der Waals surface area contributed by atoms with E-state index in [1.165, 1.54) is 44.3 Å². The summed E-state index contributed by atoms with van der Waals surface area (Å²) in [6, 6.07) is 3.61. The number of carbonyl (C=O) groups excluding carboxylic acids is 1. The van der Waals surface area contributed by atoms with Crippen LogP contribution in [-0.4, -0.2) is 52.1 Å². The normalized spacial score (nSPS) is 11.9. The molecule has 0 aliphatic carbocycles. The summed E-state index contributed by atoms with van der Waals surface area (Å²) in [6.07, 6.45) is -1.19. The maximum Gasteiger partial charge on any atom is 0.318 e. The van der Waals surface area contributed by atoms with Gasteiger partial charge in [0.25, 0.3) is 5.69 Å². The molecule has 0 saturated carbocycles. The molecule has 1 aromatic rings. The molecule has 9 nitrogen and oxygen atoms in total. The van der Waals surface area contributed by atoms with E-state index in [0.717, 1.165) is 0 Å². The van der Waals surface area contributed by atoms with Crippen LogP contribution in [0, 0.1) is 10.1 Å². The third-order valence-electron chi connectivity index (χ3n) is 2.93. The number of ether oxygens (including phenoxy) is 1. The minimum Gasteiger partial charge on any atom is -0.496 e. The van der Waals surface area contributed by atoms with Gasteiger partial charge < -0.3 is 25.6 Å². The number of hydrogen-bond acceptors (Lipinski definition) is 5. The molecule has 0 fully saturated rings. The van der Waals surface area contributed by atoms with Crippen molar-refractivity contribution in [1.82, 2.24) is 15.5 Å². The van der Waals surface area contributed by atoms with E-state index in [-0.39, 0.29) is 16.5 Å². The van der Waals surface area contributed by atoms with Crippen molar-refractivity contribution >= 4 is 69.5 Å². The zero-order valence-corrected chi connectivity index (χ0v) is 17.0. The molecule has 26 heavy (non-hydrogen) atoms. The second-order valence-electron chi connectivity index (χ2n) is 5.06. The van der Waals surface area contributed by atoms with Crippen molar-refractivity contribution in [3.8, 4) is 5.75 Å². The highest BCUT2D eigenvalue weighted by Gasteiger charge is 2.35. The fraction of sp³-hybridized carbons (Fsp3) is 0.385. The third kappa shape index (κ3) is 6.52. The molecule has 0 bridgehead atoms. The van der Waals surface area contributed by atoms with Gasteiger partial charge >= 0.3 is 6.03 Å². The highest BCUT2D eigenvalue weighted by molar-refractivity contribution is 7.80. The Hall–Kier alpha value is -1.75. The van der Waals surface area contributed by atoms with Crippen LogP contribution in [0.3, 0.4) is 0 Å².